The second-order valence-electron chi connectivity index (χ2n) is 2.98. The minimum absolute atomic E-state index is 0.0889. The summed E-state index contributed by atoms with van der Waals surface area (Å²) in [5, 5.41) is 1.33. The summed E-state index contributed by atoms with van der Waals surface area (Å²) >= 11 is 5.25. The zero-order valence-corrected chi connectivity index (χ0v) is 9.30. The number of benzene rings is 1. The summed E-state index contributed by atoms with van der Waals surface area (Å²) in [6.07, 6.45) is 0.946. The van der Waals surface area contributed by atoms with E-state index in [2.05, 4.69) is 0 Å². The van der Waals surface area contributed by atoms with Crippen molar-refractivity contribution < 1.29 is 8.57 Å². The molecule has 1 aromatic rings. The van der Waals surface area contributed by atoms with E-state index in [-0.39, 0.29) is 6.10 Å². The molecule has 1 heterocycles. The van der Waals surface area contributed by atoms with Gasteiger partial charge in [-0.2, -0.15) is 0 Å². The molecule has 0 spiro atoms. The Bertz CT molecular complexity index is 340. The summed E-state index contributed by atoms with van der Waals surface area (Å²) in [5.74, 6) is 0.849. The van der Waals surface area contributed by atoms with Crippen LogP contribution < -0.4 is 4.74 Å². The predicted molar refractivity (Wildman–Crippen MR) is 50.8 cm³/mol. The first-order valence-corrected chi connectivity index (χ1v) is 6.28. The van der Waals surface area contributed by atoms with Gasteiger partial charge in [0.25, 0.3) is 0 Å². The van der Waals surface area contributed by atoms with Crippen LogP contribution in [-0.2, 0) is 10.3 Å². The van der Waals surface area contributed by atoms with Gasteiger partial charge in [0.05, 0.1) is 0 Å². The van der Waals surface area contributed by atoms with Crippen molar-refractivity contribution in [1.29, 1.82) is 0 Å². The first-order valence-electron chi connectivity index (χ1n) is 3.99. The van der Waals surface area contributed by atoms with Crippen molar-refractivity contribution >= 4 is 26.5 Å². The van der Waals surface area contributed by atoms with Crippen LogP contribution in [0.3, 0.4) is 0 Å². The Balaban J connectivity index is 2.20. The molecule has 1 aliphatic rings. The maximum absolute atomic E-state index is 10.5. The zero-order valence-electron chi connectivity index (χ0n) is 6.83. The quantitative estimate of drug-likeness (QED) is 0.763. The van der Waals surface area contributed by atoms with Gasteiger partial charge in [-0.1, -0.05) is 0 Å². The average Bonchev–Trinajstić information content (AvgIpc) is 2.46. The Morgan fingerprint density at radius 1 is 1.62 bits per heavy atom. The van der Waals surface area contributed by atoms with Gasteiger partial charge in [0.2, 0.25) is 0 Å². The number of hydrogen-bond donors (Lipinski definition) is 0. The Hall–Kier alpha value is -0.371. The molecule has 0 saturated heterocycles. The molecule has 1 aliphatic heterocycles. The molecule has 1 radical (unpaired) electrons. The molecule has 0 aliphatic carbocycles. The Morgan fingerprint density at radius 3 is 3.23 bits per heavy atom. The van der Waals surface area contributed by atoms with Crippen molar-refractivity contribution in [2.24, 2.45) is 0 Å². The van der Waals surface area contributed by atoms with Crippen molar-refractivity contribution in [3.8, 4) is 5.75 Å². The van der Waals surface area contributed by atoms with Gasteiger partial charge < -0.3 is 0 Å². The van der Waals surface area contributed by atoms with Crippen LogP contribution in [0.4, 0.5) is 0 Å². The van der Waals surface area contributed by atoms with Crippen molar-refractivity contribution in [2.45, 2.75) is 17.8 Å². The summed E-state index contributed by atoms with van der Waals surface area (Å²) in [4.78, 5) is 0. The van der Waals surface area contributed by atoms with Crippen LogP contribution in [0.5, 0.6) is 5.75 Å². The van der Waals surface area contributed by atoms with Gasteiger partial charge in [-0.05, 0) is 0 Å². The number of fused-ring (bicyclic) bond motifs is 1. The van der Waals surface area contributed by atoms with Crippen molar-refractivity contribution in [3.63, 3.8) is 0 Å². The van der Waals surface area contributed by atoms with Crippen LogP contribution in [0.15, 0.2) is 18.2 Å². The van der Waals surface area contributed by atoms with Crippen LogP contribution in [0.1, 0.15) is 5.56 Å². The van der Waals surface area contributed by atoms with E-state index in [0.29, 0.717) is 10.3 Å². The average molecular weight is 263 g/mol. The number of ether oxygens (including phenoxy) is 1. The summed E-state index contributed by atoms with van der Waals surface area (Å²) in [7, 11) is 0. The van der Waals surface area contributed by atoms with E-state index in [0.717, 1.165) is 12.2 Å². The second-order valence-corrected chi connectivity index (χ2v) is 4.61. The van der Waals surface area contributed by atoms with E-state index in [1.165, 1.54) is 5.56 Å². The normalized spacial score (nSPS) is 19.3. The van der Waals surface area contributed by atoms with Crippen molar-refractivity contribution in [2.75, 3.05) is 0 Å². The first-order chi connectivity index (χ1) is 6.29. The molecule has 0 fully saturated rings. The molecule has 0 saturated carbocycles. The molecule has 2 rings (SSSR count). The number of halogens is 1. The Kier molecular flexibility index (Phi) is 2.68. The zero-order chi connectivity index (χ0) is 9.26. The molecular formula is C9H8ClO2Se. The minimum atomic E-state index is -0.559. The summed E-state index contributed by atoms with van der Waals surface area (Å²) in [5.41, 5.74) is 1.17. The van der Waals surface area contributed by atoms with Gasteiger partial charge in [0.15, 0.2) is 0 Å². The van der Waals surface area contributed by atoms with Crippen LogP contribution in [0.25, 0.3) is 0 Å². The third kappa shape index (κ3) is 1.93. The molecule has 2 nitrogen and oxygen atoms in total. The summed E-state index contributed by atoms with van der Waals surface area (Å²) in [6, 6.07) is 5.64. The van der Waals surface area contributed by atoms with E-state index in [9.17, 15) is 3.83 Å². The number of hydrogen-bond acceptors (Lipinski definition) is 2. The summed E-state index contributed by atoms with van der Waals surface area (Å²) < 4.78 is 16.0. The molecule has 13 heavy (non-hydrogen) atoms. The van der Waals surface area contributed by atoms with E-state index < -0.39 is 14.9 Å². The van der Waals surface area contributed by atoms with Gasteiger partial charge in [-0.3, -0.25) is 0 Å². The van der Waals surface area contributed by atoms with Crippen molar-refractivity contribution in [1.82, 2.24) is 0 Å². The molecule has 69 valence electrons. The Labute approximate surface area is 87.6 Å². The Morgan fingerprint density at radius 2 is 2.46 bits per heavy atom. The van der Waals surface area contributed by atoms with E-state index >= 15 is 0 Å². The molecule has 0 N–H and O–H groups in total. The molecule has 1 aromatic carbocycles. The summed E-state index contributed by atoms with van der Waals surface area (Å²) in [6.45, 7) is 0. The molecule has 4 heteroatoms. The predicted octanol–water partition coefficient (Wildman–Crippen LogP) is 2.11. The van der Waals surface area contributed by atoms with Gasteiger partial charge in [-0.25, -0.2) is 0 Å². The van der Waals surface area contributed by atoms with Gasteiger partial charge in [-0.15, -0.1) is 0 Å². The molecule has 1 unspecified atom stereocenters. The molecule has 1 atom stereocenters. The molecule has 0 aromatic heterocycles. The molecule has 0 bridgehead atoms. The van der Waals surface area contributed by atoms with Gasteiger partial charge in [0, 0.05) is 0 Å². The fourth-order valence-corrected chi connectivity index (χ4v) is 2.31. The van der Waals surface area contributed by atoms with Crippen LogP contribution in [0, 0.1) is 0 Å². The van der Waals surface area contributed by atoms with E-state index in [1.54, 1.807) is 0 Å². The van der Waals surface area contributed by atoms with E-state index in [4.69, 9.17) is 16.3 Å². The van der Waals surface area contributed by atoms with Crippen LogP contribution >= 0.6 is 11.6 Å². The molecular weight excluding hydrogens is 255 g/mol. The van der Waals surface area contributed by atoms with Gasteiger partial charge in [0.1, 0.15) is 0 Å². The standard InChI is InChI=1S/C9H8ClO2Se/c10-7-2-1-6-3-8(5-13-11)12-9(6)4-7/h1-2,4,8H,3,5H2. The fourth-order valence-electron chi connectivity index (χ4n) is 1.44. The third-order valence-electron chi connectivity index (χ3n) is 2.02. The first kappa shape index (κ1) is 9.19. The topological polar surface area (TPSA) is 26.3 Å². The fraction of sp³-hybridized carbons (Fsp3) is 0.333. The van der Waals surface area contributed by atoms with Crippen LogP contribution in [-0.4, -0.2) is 21.0 Å². The van der Waals surface area contributed by atoms with E-state index in [1.807, 2.05) is 18.2 Å². The molecule has 0 amide bonds. The van der Waals surface area contributed by atoms with Crippen molar-refractivity contribution in [3.05, 3.63) is 28.8 Å². The second kappa shape index (κ2) is 3.79. The van der Waals surface area contributed by atoms with Gasteiger partial charge >= 0.3 is 87.4 Å². The monoisotopic (exact) mass is 263 g/mol. The van der Waals surface area contributed by atoms with Crippen LogP contribution in [0.2, 0.25) is 10.3 Å². The maximum atomic E-state index is 10.5. The third-order valence-corrected chi connectivity index (χ3v) is 3.33. The SMILES string of the molecule is O=[Se]CC1Cc2ccc(Cl)cc2O1. The number of rotatable bonds is 2.